The zero-order valence-electron chi connectivity index (χ0n) is 10.2. The van der Waals surface area contributed by atoms with Crippen LogP contribution in [0.25, 0.3) is 0 Å². The minimum absolute atomic E-state index is 0. The average molecular weight is 263 g/mol. The van der Waals surface area contributed by atoms with Gasteiger partial charge in [0.2, 0.25) is 5.91 Å². The normalized spacial score (nSPS) is 32.9. The molecular formula is C12H23ClN2O2. The highest BCUT2D eigenvalue weighted by Crippen LogP contribution is 2.24. The molecule has 1 saturated carbocycles. The number of nitrogens with two attached hydrogens (primary N) is 1. The molecule has 0 radical (unpaired) electrons. The molecule has 0 spiro atoms. The van der Waals surface area contributed by atoms with Crippen LogP contribution in [0.1, 0.15) is 32.1 Å². The molecule has 1 aliphatic heterocycles. The van der Waals surface area contributed by atoms with Crippen LogP contribution < -0.4 is 11.1 Å². The number of hydrogen-bond acceptors (Lipinski definition) is 3. The van der Waals surface area contributed by atoms with E-state index in [1.165, 1.54) is 6.42 Å². The van der Waals surface area contributed by atoms with E-state index in [1.54, 1.807) is 0 Å². The van der Waals surface area contributed by atoms with E-state index in [4.69, 9.17) is 10.5 Å². The van der Waals surface area contributed by atoms with Crippen molar-refractivity contribution in [2.75, 3.05) is 19.8 Å². The summed E-state index contributed by atoms with van der Waals surface area (Å²) in [6, 6.07) is 0.230. The van der Waals surface area contributed by atoms with Gasteiger partial charge in [0.1, 0.15) is 0 Å². The third kappa shape index (κ3) is 4.45. The van der Waals surface area contributed by atoms with Gasteiger partial charge in [0.15, 0.2) is 0 Å². The van der Waals surface area contributed by atoms with Crippen LogP contribution in [-0.4, -0.2) is 31.7 Å². The Hall–Kier alpha value is -0.320. The standard InChI is InChI=1S/C12H22N2O2.ClH/c13-11-4-3-10(6-11)12(15)14-7-9-2-1-5-16-8-9;/h9-11H,1-8,13H2,(H,14,15);1H. The van der Waals surface area contributed by atoms with E-state index in [2.05, 4.69) is 5.32 Å². The molecule has 0 aromatic rings. The number of hydrogen-bond donors (Lipinski definition) is 2. The van der Waals surface area contributed by atoms with Crippen LogP contribution in [0.2, 0.25) is 0 Å². The van der Waals surface area contributed by atoms with Crippen molar-refractivity contribution in [1.29, 1.82) is 0 Å². The van der Waals surface area contributed by atoms with Gasteiger partial charge in [-0.25, -0.2) is 0 Å². The summed E-state index contributed by atoms with van der Waals surface area (Å²) < 4.78 is 5.39. The summed E-state index contributed by atoms with van der Waals surface area (Å²) in [5.41, 5.74) is 5.80. The molecule has 100 valence electrons. The van der Waals surface area contributed by atoms with Crippen molar-refractivity contribution in [1.82, 2.24) is 5.32 Å². The molecule has 3 N–H and O–H groups in total. The number of carbonyl (C=O) groups excluding carboxylic acids is 1. The van der Waals surface area contributed by atoms with E-state index >= 15 is 0 Å². The van der Waals surface area contributed by atoms with E-state index in [1.807, 2.05) is 0 Å². The van der Waals surface area contributed by atoms with Crippen LogP contribution in [0, 0.1) is 11.8 Å². The molecule has 1 amide bonds. The first-order chi connectivity index (χ1) is 7.75. The van der Waals surface area contributed by atoms with Crippen LogP contribution in [0.5, 0.6) is 0 Å². The van der Waals surface area contributed by atoms with Crippen molar-refractivity contribution in [3.63, 3.8) is 0 Å². The van der Waals surface area contributed by atoms with E-state index < -0.39 is 0 Å². The minimum Gasteiger partial charge on any atom is -0.381 e. The lowest BCUT2D eigenvalue weighted by molar-refractivity contribution is -0.125. The topological polar surface area (TPSA) is 64.4 Å². The molecule has 0 aromatic heterocycles. The second-order valence-electron chi connectivity index (χ2n) is 5.10. The van der Waals surface area contributed by atoms with E-state index in [0.717, 1.165) is 45.4 Å². The maximum atomic E-state index is 11.8. The van der Waals surface area contributed by atoms with Crippen molar-refractivity contribution in [3.8, 4) is 0 Å². The third-order valence-electron chi connectivity index (χ3n) is 3.66. The third-order valence-corrected chi connectivity index (χ3v) is 3.66. The monoisotopic (exact) mass is 262 g/mol. The Kier molecular flexibility index (Phi) is 6.23. The predicted molar refractivity (Wildman–Crippen MR) is 69.1 cm³/mol. The molecule has 0 aromatic carbocycles. The maximum Gasteiger partial charge on any atom is 0.223 e. The number of nitrogens with one attached hydrogen (secondary N) is 1. The molecule has 1 heterocycles. The Morgan fingerprint density at radius 1 is 1.35 bits per heavy atom. The molecule has 4 nitrogen and oxygen atoms in total. The highest BCUT2D eigenvalue weighted by molar-refractivity contribution is 5.85. The molecule has 2 rings (SSSR count). The van der Waals surface area contributed by atoms with Gasteiger partial charge in [0.25, 0.3) is 0 Å². The van der Waals surface area contributed by atoms with Gasteiger partial charge in [-0.05, 0) is 38.0 Å². The second kappa shape index (κ2) is 7.19. The van der Waals surface area contributed by atoms with Crippen LogP contribution in [0.15, 0.2) is 0 Å². The summed E-state index contributed by atoms with van der Waals surface area (Å²) in [7, 11) is 0. The number of amides is 1. The fraction of sp³-hybridized carbons (Fsp3) is 0.917. The van der Waals surface area contributed by atoms with Gasteiger partial charge >= 0.3 is 0 Å². The molecule has 3 atom stereocenters. The van der Waals surface area contributed by atoms with Gasteiger partial charge in [-0.3, -0.25) is 4.79 Å². The van der Waals surface area contributed by atoms with Crippen LogP contribution >= 0.6 is 12.4 Å². The zero-order valence-corrected chi connectivity index (χ0v) is 11.0. The summed E-state index contributed by atoms with van der Waals surface area (Å²) in [5.74, 6) is 0.853. The molecule has 5 heteroatoms. The first-order valence-corrected chi connectivity index (χ1v) is 6.36. The van der Waals surface area contributed by atoms with Gasteiger partial charge in [-0.2, -0.15) is 0 Å². The predicted octanol–water partition coefficient (Wildman–Crippen LogP) is 1.08. The Balaban J connectivity index is 0.00000144. The lowest BCUT2D eigenvalue weighted by Gasteiger charge is -2.23. The van der Waals surface area contributed by atoms with Crippen LogP contribution in [-0.2, 0) is 9.53 Å². The summed E-state index contributed by atoms with van der Waals surface area (Å²) >= 11 is 0. The highest BCUT2D eigenvalue weighted by Gasteiger charge is 2.28. The maximum absolute atomic E-state index is 11.8. The van der Waals surface area contributed by atoms with Gasteiger partial charge < -0.3 is 15.8 Å². The largest absolute Gasteiger partial charge is 0.381 e. The van der Waals surface area contributed by atoms with Gasteiger partial charge in [0, 0.05) is 25.1 Å². The minimum atomic E-state index is 0. The molecule has 3 unspecified atom stereocenters. The first kappa shape index (κ1) is 14.7. The molecule has 2 aliphatic rings. The number of rotatable bonds is 3. The van der Waals surface area contributed by atoms with Gasteiger partial charge in [-0.15, -0.1) is 12.4 Å². The number of ether oxygens (including phenoxy) is 1. The smallest absolute Gasteiger partial charge is 0.223 e. The molecule has 0 bridgehead atoms. The Morgan fingerprint density at radius 2 is 2.18 bits per heavy atom. The summed E-state index contributed by atoms with van der Waals surface area (Å²) in [6.07, 6.45) is 5.09. The fourth-order valence-electron chi connectivity index (χ4n) is 2.61. The van der Waals surface area contributed by atoms with Crippen molar-refractivity contribution in [3.05, 3.63) is 0 Å². The summed E-state index contributed by atoms with van der Waals surface area (Å²) in [6.45, 7) is 2.44. The van der Waals surface area contributed by atoms with E-state index in [9.17, 15) is 4.79 Å². The SMILES string of the molecule is Cl.NC1CCC(C(=O)NCC2CCCOC2)C1. The van der Waals surface area contributed by atoms with Crippen LogP contribution in [0.4, 0.5) is 0 Å². The molecule has 2 fully saturated rings. The lowest BCUT2D eigenvalue weighted by atomic mass is 10.0. The first-order valence-electron chi connectivity index (χ1n) is 6.36. The molecule has 17 heavy (non-hydrogen) atoms. The molecular weight excluding hydrogens is 240 g/mol. The van der Waals surface area contributed by atoms with E-state index in [-0.39, 0.29) is 30.3 Å². The summed E-state index contributed by atoms with van der Waals surface area (Å²) in [5, 5.41) is 3.04. The van der Waals surface area contributed by atoms with Crippen molar-refractivity contribution in [2.45, 2.75) is 38.1 Å². The Morgan fingerprint density at radius 3 is 2.76 bits per heavy atom. The fourth-order valence-corrected chi connectivity index (χ4v) is 2.61. The Labute approximate surface area is 109 Å². The molecule has 1 aliphatic carbocycles. The van der Waals surface area contributed by atoms with E-state index in [0.29, 0.717) is 5.92 Å². The van der Waals surface area contributed by atoms with Crippen molar-refractivity contribution >= 4 is 18.3 Å². The average Bonchev–Trinajstić information content (AvgIpc) is 2.74. The highest BCUT2D eigenvalue weighted by atomic mass is 35.5. The van der Waals surface area contributed by atoms with Gasteiger partial charge in [0.05, 0.1) is 6.61 Å². The Bertz CT molecular complexity index is 245. The van der Waals surface area contributed by atoms with Crippen molar-refractivity contribution < 1.29 is 9.53 Å². The second-order valence-corrected chi connectivity index (χ2v) is 5.10. The number of halogens is 1. The van der Waals surface area contributed by atoms with Gasteiger partial charge in [-0.1, -0.05) is 0 Å². The number of carbonyl (C=O) groups is 1. The quantitative estimate of drug-likeness (QED) is 0.800. The zero-order chi connectivity index (χ0) is 11.4. The lowest BCUT2D eigenvalue weighted by Crippen LogP contribution is -2.36. The summed E-state index contributed by atoms with van der Waals surface area (Å²) in [4.78, 5) is 11.8. The molecule has 1 saturated heterocycles. The van der Waals surface area contributed by atoms with Crippen LogP contribution in [0.3, 0.4) is 0 Å². The van der Waals surface area contributed by atoms with Crippen molar-refractivity contribution in [2.24, 2.45) is 17.6 Å².